The van der Waals surface area contributed by atoms with Crippen molar-refractivity contribution in [2.24, 2.45) is 0 Å². The molecule has 0 fully saturated rings. The van der Waals surface area contributed by atoms with Gasteiger partial charge in [-0.15, -0.1) is 13.2 Å². The summed E-state index contributed by atoms with van der Waals surface area (Å²) in [5, 5.41) is 0. The van der Waals surface area contributed by atoms with Crippen LogP contribution in [-0.4, -0.2) is 19.5 Å². The van der Waals surface area contributed by atoms with E-state index in [0.717, 1.165) is 5.69 Å². The maximum absolute atomic E-state index is 11.9. The molecule has 0 heterocycles. The second kappa shape index (κ2) is 4.63. The molecule has 1 aromatic rings. The molecule has 0 unspecified atom stereocenters. The van der Waals surface area contributed by atoms with Crippen LogP contribution in [0.25, 0.3) is 0 Å². The fourth-order valence-corrected chi connectivity index (χ4v) is 1.18. The summed E-state index contributed by atoms with van der Waals surface area (Å²) in [6, 6.07) is 6.10. The number of rotatable bonds is 3. The van der Waals surface area contributed by atoms with Crippen molar-refractivity contribution in [2.75, 3.05) is 11.9 Å². The van der Waals surface area contributed by atoms with E-state index in [1.165, 1.54) is 12.1 Å². The first-order chi connectivity index (χ1) is 7.29. The molecule has 1 rings (SSSR count). The molecule has 90 valence electrons. The van der Waals surface area contributed by atoms with Crippen molar-refractivity contribution in [1.29, 1.82) is 0 Å². The number of halogens is 3. The first-order valence-electron chi connectivity index (χ1n) is 4.88. The third-order valence-corrected chi connectivity index (χ3v) is 2.25. The zero-order chi connectivity index (χ0) is 12.3. The second-order valence-electron chi connectivity index (χ2n) is 3.75. The molecule has 5 heteroatoms. The highest BCUT2D eigenvalue weighted by atomic mass is 19.4. The second-order valence-corrected chi connectivity index (χ2v) is 3.75. The van der Waals surface area contributed by atoms with Crippen molar-refractivity contribution in [2.45, 2.75) is 26.3 Å². The van der Waals surface area contributed by atoms with Crippen LogP contribution in [0.5, 0.6) is 5.75 Å². The molecular formula is C11H14F3NO. The summed E-state index contributed by atoms with van der Waals surface area (Å²) < 4.78 is 39.5. The highest BCUT2D eigenvalue weighted by Gasteiger charge is 2.30. The van der Waals surface area contributed by atoms with E-state index >= 15 is 0 Å². The van der Waals surface area contributed by atoms with Crippen molar-refractivity contribution < 1.29 is 17.9 Å². The minimum Gasteiger partial charge on any atom is -0.406 e. The van der Waals surface area contributed by atoms with E-state index in [1.807, 2.05) is 25.8 Å². The number of alkyl halides is 3. The molecule has 0 saturated heterocycles. The lowest BCUT2D eigenvalue weighted by Gasteiger charge is -2.23. The number of ether oxygens (including phenoxy) is 1. The number of hydrogen-bond donors (Lipinski definition) is 0. The Hall–Kier alpha value is -1.39. The number of nitrogens with zero attached hydrogens (tertiary/aromatic N) is 1. The van der Waals surface area contributed by atoms with Crippen LogP contribution in [0.3, 0.4) is 0 Å². The summed E-state index contributed by atoms with van der Waals surface area (Å²) >= 11 is 0. The van der Waals surface area contributed by atoms with Crippen molar-refractivity contribution in [3.63, 3.8) is 0 Å². The standard InChI is InChI=1S/C11H14F3NO/c1-8(2)15(3)9-4-6-10(7-5-9)16-11(12,13)14/h4-8H,1-3H3. The first-order valence-corrected chi connectivity index (χ1v) is 4.88. The van der Waals surface area contributed by atoms with Crippen LogP contribution in [-0.2, 0) is 0 Å². The third-order valence-electron chi connectivity index (χ3n) is 2.25. The molecule has 16 heavy (non-hydrogen) atoms. The van der Waals surface area contributed by atoms with Gasteiger partial charge in [-0.05, 0) is 38.1 Å². The Morgan fingerprint density at radius 2 is 1.62 bits per heavy atom. The minimum atomic E-state index is -4.63. The van der Waals surface area contributed by atoms with Crippen molar-refractivity contribution in [1.82, 2.24) is 0 Å². The molecule has 0 N–H and O–H groups in total. The summed E-state index contributed by atoms with van der Waals surface area (Å²) in [7, 11) is 1.88. The van der Waals surface area contributed by atoms with Crippen LogP contribution in [0.4, 0.5) is 18.9 Å². The van der Waals surface area contributed by atoms with E-state index in [9.17, 15) is 13.2 Å². The number of hydrogen-bond acceptors (Lipinski definition) is 2. The molecule has 0 bridgehead atoms. The SMILES string of the molecule is CC(C)N(C)c1ccc(OC(F)(F)F)cc1. The van der Waals surface area contributed by atoms with Gasteiger partial charge < -0.3 is 9.64 Å². The minimum absolute atomic E-state index is 0.201. The molecule has 0 amide bonds. The quantitative estimate of drug-likeness (QED) is 0.793. The van der Waals surface area contributed by atoms with Gasteiger partial charge >= 0.3 is 6.36 Å². The predicted octanol–water partition coefficient (Wildman–Crippen LogP) is 3.43. The highest BCUT2D eigenvalue weighted by Crippen LogP contribution is 2.25. The van der Waals surface area contributed by atoms with Crippen LogP contribution in [0, 0.1) is 0 Å². The molecule has 0 aliphatic rings. The van der Waals surface area contributed by atoms with Gasteiger partial charge in [0.05, 0.1) is 0 Å². The molecule has 1 aromatic carbocycles. The largest absolute Gasteiger partial charge is 0.573 e. The van der Waals surface area contributed by atoms with Gasteiger partial charge in [-0.2, -0.15) is 0 Å². The van der Waals surface area contributed by atoms with Gasteiger partial charge in [-0.1, -0.05) is 0 Å². The molecule has 0 spiro atoms. The zero-order valence-corrected chi connectivity index (χ0v) is 9.38. The third kappa shape index (κ3) is 3.64. The van der Waals surface area contributed by atoms with Crippen LogP contribution in [0.15, 0.2) is 24.3 Å². The van der Waals surface area contributed by atoms with E-state index in [2.05, 4.69) is 4.74 Å². The Balaban J connectivity index is 2.76. The monoisotopic (exact) mass is 233 g/mol. The average molecular weight is 233 g/mol. The molecule has 0 saturated carbocycles. The smallest absolute Gasteiger partial charge is 0.406 e. The maximum atomic E-state index is 11.9. The van der Waals surface area contributed by atoms with Gasteiger partial charge in [0.25, 0.3) is 0 Å². The van der Waals surface area contributed by atoms with Gasteiger partial charge in [0.2, 0.25) is 0 Å². The Morgan fingerprint density at radius 3 is 2.00 bits per heavy atom. The predicted molar refractivity (Wildman–Crippen MR) is 56.7 cm³/mol. The van der Waals surface area contributed by atoms with Crippen molar-refractivity contribution >= 4 is 5.69 Å². The molecule has 0 radical (unpaired) electrons. The topological polar surface area (TPSA) is 12.5 Å². The summed E-state index contributed by atoms with van der Waals surface area (Å²) in [5.41, 5.74) is 0.851. The number of benzene rings is 1. The van der Waals surface area contributed by atoms with Crippen LogP contribution in [0.1, 0.15) is 13.8 Å². The Bertz CT molecular complexity index is 332. The molecule has 0 atom stereocenters. The normalized spacial score (nSPS) is 11.7. The van der Waals surface area contributed by atoms with Crippen LogP contribution >= 0.6 is 0 Å². The van der Waals surface area contributed by atoms with Gasteiger partial charge in [0, 0.05) is 18.8 Å². The first kappa shape index (κ1) is 12.7. The van der Waals surface area contributed by atoms with Crippen molar-refractivity contribution in [3.05, 3.63) is 24.3 Å². The molecule has 0 aliphatic carbocycles. The Kier molecular flexibility index (Phi) is 3.67. The average Bonchev–Trinajstić information content (AvgIpc) is 2.15. The molecular weight excluding hydrogens is 219 g/mol. The highest BCUT2D eigenvalue weighted by molar-refractivity contribution is 5.48. The summed E-state index contributed by atoms with van der Waals surface area (Å²) in [6.45, 7) is 4.00. The maximum Gasteiger partial charge on any atom is 0.573 e. The lowest BCUT2D eigenvalue weighted by Crippen LogP contribution is -2.25. The van der Waals surface area contributed by atoms with Gasteiger partial charge in [-0.3, -0.25) is 0 Å². The summed E-state index contributed by atoms with van der Waals surface area (Å²) in [5.74, 6) is -0.201. The van der Waals surface area contributed by atoms with Crippen LogP contribution < -0.4 is 9.64 Å². The van der Waals surface area contributed by atoms with E-state index in [1.54, 1.807) is 12.1 Å². The lowest BCUT2D eigenvalue weighted by molar-refractivity contribution is -0.274. The Labute approximate surface area is 92.6 Å². The fraction of sp³-hybridized carbons (Fsp3) is 0.455. The van der Waals surface area contributed by atoms with E-state index < -0.39 is 6.36 Å². The van der Waals surface area contributed by atoms with E-state index in [0.29, 0.717) is 0 Å². The van der Waals surface area contributed by atoms with Crippen molar-refractivity contribution in [3.8, 4) is 5.75 Å². The lowest BCUT2D eigenvalue weighted by atomic mass is 10.2. The van der Waals surface area contributed by atoms with Gasteiger partial charge in [0.15, 0.2) is 0 Å². The molecule has 0 aromatic heterocycles. The van der Waals surface area contributed by atoms with Crippen LogP contribution in [0.2, 0.25) is 0 Å². The summed E-state index contributed by atoms with van der Waals surface area (Å²) in [6.07, 6.45) is -4.63. The summed E-state index contributed by atoms with van der Waals surface area (Å²) in [4.78, 5) is 1.96. The zero-order valence-electron chi connectivity index (χ0n) is 9.38. The van der Waals surface area contributed by atoms with Gasteiger partial charge in [0.1, 0.15) is 5.75 Å². The van der Waals surface area contributed by atoms with Gasteiger partial charge in [-0.25, -0.2) is 0 Å². The fourth-order valence-electron chi connectivity index (χ4n) is 1.18. The molecule has 2 nitrogen and oxygen atoms in total. The van der Waals surface area contributed by atoms with E-state index in [4.69, 9.17) is 0 Å². The Morgan fingerprint density at radius 1 is 1.12 bits per heavy atom. The van der Waals surface area contributed by atoms with E-state index in [-0.39, 0.29) is 11.8 Å². The molecule has 0 aliphatic heterocycles. The number of anilines is 1.